The van der Waals surface area contributed by atoms with Crippen LogP contribution in [0.5, 0.6) is 0 Å². The SMILES string of the molecule is Cc1cc(C)c2cc[cH-]c2c1.Cc1cc(C)c2cc[cH-]c2c1.[Zr+2]. The van der Waals surface area contributed by atoms with Crippen LogP contribution in [0.25, 0.3) is 21.5 Å². The van der Waals surface area contributed by atoms with Crippen LogP contribution in [0.15, 0.2) is 60.7 Å². The molecule has 1 heteroatoms. The summed E-state index contributed by atoms with van der Waals surface area (Å²) in [5.74, 6) is 0. The van der Waals surface area contributed by atoms with Crippen LogP contribution in [0, 0.1) is 27.7 Å². The molecule has 0 atom stereocenters. The fourth-order valence-electron chi connectivity index (χ4n) is 3.25. The Balaban J connectivity index is 0.000000160. The molecule has 0 saturated carbocycles. The molecule has 4 aromatic carbocycles. The molecule has 0 heterocycles. The van der Waals surface area contributed by atoms with Crippen molar-refractivity contribution >= 4 is 21.5 Å². The van der Waals surface area contributed by atoms with Gasteiger partial charge in [0.25, 0.3) is 0 Å². The Kier molecular flexibility index (Phi) is 5.76. The minimum atomic E-state index is 0. The predicted molar refractivity (Wildman–Crippen MR) is 98.0 cm³/mol. The molecule has 23 heavy (non-hydrogen) atoms. The Morgan fingerprint density at radius 3 is 1.39 bits per heavy atom. The van der Waals surface area contributed by atoms with Crippen molar-refractivity contribution in [3.63, 3.8) is 0 Å². The first-order valence-corrected chi connectivity index (χ1v) is 7.80. The third kappa shape index (κ3) is 3.90. The van der Waals surface area contributed by atoms with Crippen molar-refractivity contribution in [3.8, 4) is 0 Å². The first kappa shape index (κ1) is 17.9. The Labute approximate surface area is 158 Å². The molecule has 0 spiro atoms. The van der Waals surface area contributed by atoms with E-state index in [-0.39, 0.29) is 26.2 Å². The van der Waals surface area contributed by atoms with Gasteiger partial charge < -0.3 is 0 Å². The normalized spacial score (nSPS) is 10.3. The fourth-order valence-corrected chi connectivity index (χ4v) is 3.25. The second-order valence-electron chi connectivity index (χ2n) is 6.22. The molecule has 0 nitrogen and oxygen atoms in total. The molecule has 114 valence electrons. The third-order valence-electron chi connectivity index (χ3n) is 4.20. The summed E-state index contributed by atoms with van der Waals surface area (Å²) in [6.07, 6.45) is 0. The first-order chi connectivity index (χ1) is 10.5. The number of benzene rings is 2. The van der Waals surface area contributed by atoms with E-state index in [1.54, 1.807) is 0 Å². The summed E-state index contributed by atoms with van der Waals surface area (Å²) < 4.78 is 0. The molecule has 4 rings (SSSR count). The van der Waals surface area contributed by atoms with Crippen molar-refractivity contribution in [2.75, 3.05) is 0 Å². The van der Waals surface area contributed by atoms with Crippen LogP contribution in [0.1, 0.15) is 22.3 Å². The van der Waals surface area contributed by atoms with Crippen LogP contribution in [0.3, 0.4) is 0 Å². The van der Waals surface area contributed by atoms with E-state index in [0.29, 0.717) is 0 Å². The van der Waals surface area contributed by atoms with Crippen LogP contribution in [-0.2, 0) is 26.2 Å². The zero-order valence-electron chi connectivity index (χ0n) is 14.3. The van der Waals surface area contributed by atoms with Crippen molar-refractivity contribution in [1.82, 2.24) is 0 Å². The van der Waals surface area contributed by atoms with E-state index in [4.69, 9.17) is 0 Å². The minimum Gasteiger partial charge on any atom is -0.168 e. The molecule has 0 aliphatic rings. The van der Waals surface area contributed by atoms with Gasteiger partial charge in [-0.05, 0) is 27.7 Å². The summed E-state index contributed by atoms with van der Waals surface area (Å²) >= 11 is 0. The van der Waals surface area contributed by atoms with Gasteiger partial charge in [-0.15, -0.1) is 45.8 Å². The Morgan fingerprint density at radius 1 is 0.609 bits per heavy atom. The van der Waals surface area contributed by atoms with E-state index in [1.807, 2.05) is 0 Å². The number of hydrogen-bond acceptors (Lipinski definition) is 0. The van der Waals surface area contributed by atoms with Gasteiger partial charge in [0.2, 0.25) is 0 Å². The average Bonchev–Trinajstić information content (AvgIpc) is 3.07. The summed E-state index contributed by atoms with van der Waals surface area (Å²) in [4.78, 5) is 0. The Hall–Kier alpha value is -1.46. The van der Waals surface area contributed by atoms with Gasteiger partial charge in [-0.3, -0.25) is 0 Å². The summed E-state index contributed by atoms with van der Waals surface area (Å²) in [7, 11) is 0. The van der Waals surface area contributed by atoms with E-state index >= 15 is 0 Å². The van der Waals surface area contributed by atoms with Gasteiger partial charge >= 0.3 is 26.2 Å². The smallest absolute Gasteiger partial charge is 0.168 e. The van der Waals surface area contributed by atoms with Crippen molar-refractivity contribution in [2.24, 2.45) is 0 Å². The molecule has 0 unspecified atom stereocenters. The number of fused-ring (bicyclic) bond motifs is 2. The molecule has 0 amide bonds. The summed E-state index contributed by atoms with van der Waals surface area (Å²) in [5.41, 5.74) is 5.46. The minimum absolute atomic E-state index is 0. The molecule has 0 aliphatic heterocycles. The van der Waals surface area contributed by atoms with Crippen LogP contribution in [0.4, 0.5) is 0 Å². The predicted octanol–water partition coefficient (Wildman–Crippen LogP) is 6.35. The van der Waals surface area contributed by atoms with Crippen LogP contribution in [-0.4, -0.2) is 0 Å². The van der Waals surface area contributed by atoms with Crippen molar-refractivity contribution in [3.05, 3.63) is 82.9 Å². The standard InChI is InChI=1S/2C11H11.Zr/c2*1-8-6-9(2)11-5-3-4-10(11)7-8;/h2*3-7H,1-2H3;/q2*-1;+2. The maximum atomic E-state index is 2.22. The Morgan fingerprint density at radius 2 is 1.00 bits per heavy atom. The molecule has 0 bridgehead atoms. The van der Waals surface area contributed by atoms with Gasteiger partial charge in [-0.25, -0.2) is 0 Å². The van der Waals surface area contributed by atoms with Crippen LogP contribution in [0.2, 0.25) is 0 Å². The van der Waals surface area contributed by atoms with Gasteiger partial charge in [-0.2, -0.15) is 24.3 Å². The first-order valence-electron chi connectivity index (χ1n) is 7.80. The van der Waals surface area contributed by atoms with Gasteiger partial charge in [0.15, 0.2) is 0 Å². The van der Waals surface area contributed by atoms with E-state index < -0.39 is 0 Å². The van der Waals surface area contributed by atoms with Crippen LogP contribution < -0.4 is 0 Å². The van der Waals surface area contributed by atoms with Crippen molar-refractivity contribution in [2.45, 2.75) is 27.7 Å². The molecule has 0 saturated heterocycles. The monoisotopic (exact) mass is 376 g/mol. The van der Waals surface area contributed by atoms with Gasteiger partial charge in [0, 0.05) is 0 Å². The van der Waals surface area contributed by atoms with Gasteiger partial charge in [0.1, 0.15) is 0 Å². The molecule has 0 fully saturated rings. The molecular weight excluding hydrogens is 355 g/mol. The van der Waals surface area contributed by atoms with E-state index in [1.165, 1.54) is 43.8 Å². The number of aryl methyl sites for hydroxylation is 4. The summed E-state index contributed by atoms with van der Waals surface area (Å²) in [6.45, 7) is 8.60. The second-order valence-corrected chi connectivity index (χ2v) is 6.22. The molecule has 0 aromatic heterocycles. The Bertz CT molecular complexity index is 844. The van der Waals surface area contributed by atoms with Crippen molar-refractivity contribution < 1.29 is 26.2 Å². The zero-order valence-corrected chi connectivity index (χ0v) is 16.7. The number of rotatable bonds is 0. The average molecular weight is 378 g/mol. The maximum absolute atomic E-state index is 2.22. The van der Waals surface area contributed by atoms with Gasteiger partial charge in [-0.1, -0.05) is 34.4 Å². The van der Waals surface area contributed by atoms with Gasteiger partial charge in [0.05, 0.1) is 0 Å². The topological polar surface area (TPSA) is 0 Å². The summed E-state index contributed by atoms with van der Waals surface area (Å²) in [6, 6.07) is 21.8. The van der Waals surface area contributed by atoms with Crippen LogP contribution >= 0.6 is 0 Å². The zero-order chi connectivity index (χ0) is 15.7. The van der Waals surface area contributed by atoms with Crippen molar-refractivity contribution in [1.29, 1.82) is 0 Å². The maximum Gasteiger partial charge on any atom is 2.00 e. The number of hydrogen-bond donors (Lipinski definition) is 0. The van der Waals surface area contributed by atoms with E-state index in [9.17, 15) is 0 Å². The molecule has 4 aromatic rings. The third-order valence-corrected chi connectivity index (χ3v) is 4.20. The fraction of sp³-hybridized carbons (Fsp3) is 0.182. The molecule has 0 aliphatic carbocycles. The molecular formula is C22H22Zr. The second kappa shape index (κ2) is 7.41. The van der Waals surface area contributed by atoms with E-state index in [0.717, 1.165) is 0 Å². The molecule has 0 N–H and O–H groups in total. The quantitative estimate of drug-likeness (QED) is 0.313. The largest absolute Gasteiger partial charge is 2.00 e. The van der Waals surface area contributed by atoms with E-state index in [2.05, 4.69) is 88.4 Å². The molecule has 0 radical (unpaired) electrons. The summed E-state index contributed by atoms with van der Waals surface area (Å²) in [5, 5.41) is 5.50.